The second-order valence-electron chi connectivity index (χ2n) is 2.97. The maximum absolute atomic E-state index is 11.4. The standard InChI is InChI=1S/C8H13IN2O4/c1-4(12)6(3-10)11-8(15)5(9)2-7(13)14/h5-6H,2-3,10H2,1H3,(H,11,15)(H,13,14)/t5?,6-/m1/s1. The van der Waals surface area contributed by atoms with Gasteiger partial charge in [-0.1, -0.05) is 22.6 Å². The van der Waals surface area contributed by atoms with Gasteiger partial charge in [0.2, 0.25) is 5.91 Å². The van der Waals surface area contributed by atoms with Crippen molar-refractivity contribution in [2.75, 3.05) is 6.54 Å². The highest BCUT2D eigenvalue weighted by Gasteiger charge is 2.22. The predicted octanol–water partition coefficient (Wildman–Crippen LogP) is -0.703. The van der Waals surface area contributed by atoms with E-state index in [1.165, 1.54) is 6.92 Å². The van der Waals surface area contributed by atoms with Crippen LogP contribution in [0.5, 0.6) is 0 Å². The van der Waals surface area contributed by atoms with E-state index in [1.807, 2.05) is 0 Å². The first-order valence-electron chi connectivity index (χ1n) is 4.25. The number of carboxylic acids is 1. The summed E-state index contributed by atoms with van der Waals surface area (Å²) in [7, 11) is 0. The molecule has 0 aliphatic carbocycles. The van der Waals surface area contributed by atoms with Gasteiger partial charge in [0, 0.05) is 6.54 Å². The molecule has 0 bridgehead atoms. The van der Waals surface area contributed by atoms with Gasteiger partial charge in [-0.2, -0.15) is 0 Å². The number of nitrogens with one attached hydrogen (secondary N) is 1. The second kappa shape index (κ2) is 6.72. The Balaban J connectivity index is 4.21. The average molecular weight is 328 g/mol. The summed E-state index contributed by atoms with van der Waals surface area (Å²) in [5.41, 5.74) is 5.27. The Morgan fingerprint density at radius 3 is 2.33 bits per heavy atom. The quantitative estimate of drug-likeness (QED) is 0.441. The molecule has 0 aromatic rings. The molecule has 0 spiro atoms. The summed E-state index contributed by atoms with van der Waals surface area (Å²) in [5.74, 6) is -1.79. The zero-order chi connectivity index (χ0) is 12.0. The molecule has 0 radical (unpaired) electrons. The first-order valence-corrected chi connectivity index (χ1v) is 5.49. The van der Waals surface area contributed by atoms with Crippen molar-refractivity contribution in [1.82, 2.24) is 5.32 Å². The fourth-order valence-corrected chi connectivity index (χ4v) is 1.39. The van der Waals surface area contributed by atoms with Crippen LogP contribution in [0.2, 0.25) is 0 Å². The number of aliphatic carboxylic acids is 1. The third kappa shape index (κ3) is 5.67. The topological polar surface area (TPSA) is 109 Å². The molecule has 0 fully saturated rings. The Morgan fingerprint density at radius 2 is 2.00 bits per heavy atom. The van der Waals surface area contributed by atoms with Gasteiger partial charge in [-0.05, 0) is 6.92 Å². The van der Waals surface area contributed by atoms with Crippen molar-refractivity contribution in [2.24, 2.45) is 5.73 Å². The summed E-state index contributed by atoms with van der Waals surface area (Å²) in [6.07, 6.45) is -0.276. The van der Waals surface area contributed by atoms with Gasteiger partial charge in [-0.3, -0.25) is 14.4 Å². The van der Waals surface area contributed by atoms with Gasteiger partial charge in [0.05, 0.1) is 12.5 Å². The van der Waals surface area contributed by atoms with E-state index in [9.17, 15) is 14.4 Å². The van der Waals surface area contributed by atoms with Crippen LogP contribution >= 0.6 is 22.6 Å². The highest BCUT2D eigenvalue weighted by molar-refractivity contribution is 14.1. The number of ketones is 1. The van der Waals surface area contributed by atoms with Gasteiger partial charge in [0.1, 0.15) is 3.92 Å². The van der Waals surface area contributed by atoms with Gasteiger partial charge < -0.3 is 16.2 Å². The molecule has 1 unspecified atom stereocenters. The minimum atomic E-state index is -1.06. The Bertz CT molecular complexity index is 269. The number of alkyl halides is 1. The number of hydrogen-bond acceptors (Lipinski definition) is 4. The summed E-state index contributed by atoms with van der Waals surface area (Å²) in [6, 6.07) is -0.733. The lowest BCUT2D eigenvalue weighted by molar-refractivity contribution is -0.138. The van der Waals surface area contributed by atoms with Crippen LogP contribution in [-0.4, -0.2) is 39.3 Å². The summed E-state index contributed by atoms with van der Waals surface area (Å²) < 4.78 is -0.700. The van der Waals surface area contributed by atoms with Crippen LogP contribution in [0.4, 0.5) is 0 Å². The summed E-state index contributed by atoms with van der Waals surface area (Å²) in [6.45, 7) is 1.33. The van der Waals surface area contributed by atoms with Gasteiger partial charge in [-0.25, -0.2) is 0 Å². The average Bonchev–Trinajstić information content (AvgIpc) is 2.11. The van der Waals surface area contributed by atoms with Crippen molar-refractivity contribution in [3.8, 4) is 0 Å². The predicted molar refractivity (Wildman–Crippen MR) is 61.7 cm³/mol. The van der Waals surface area contributed by atoms with Crippen LogP contribution in [0.15, 0.2) is 0 Å². The van der Waals surface area contributed by atoms with E-state index in [1.54, 1.807) is 22.6 Å². The Morgan fingerprint density at radius 1 is 1.47 bits per heavy atom. The molecule has 0 aromatic carbocycles. The molecule has 2 atom stereocenters. The molecule has 7 heteroatoms. The molecule has 4 N–H and O–H groups in total. The fraction of sp³-hybridized carbons (Fsp3) is 0.625. The molecule has 0 saturated heterocycles. The maximum atomic E-state index is 11.4. The van der Waals surface area contributed by atoms with E-state index in [0.29, 0.717) is 0 Å². The number of rotatable bonds is 6. The van der Waals surface area contributed by atoms with Crippen molar-refractivity contribution < 1.29 is 19.5 Å². The van der Waals surface area contributed by atoms with Crippen LogP contribution in [-0.2, 0) is 14.4 Å². The first-order chi connectivity index (χ1) is 6.88. The van der Waals surface area contributed by atoms with E-state index in [0.717, 1.165) is 0 Å². The van der Waals surface area contributed by atoms with Crippen molar-refractivity contribution in [3.63, 3.8) is 0 Å². The number of nitrogens with two attached hydrogens (primary N) is 1. The van der Waals surface area contributed by atoms with E-state index in [2.05, 4.69) is 5.32 Å². The lowest BCUT2D eigenvalue weighted by Gasteiger charge is -2.15. The van der Waals surface area contributed by atoms with Crippen molar-refractivity contribution in [3.05, 3.63) is 0 Å². The largest absolute Gasteiger partial charge is 0.481 e. The zero-order valence-corrected chi connectivity index (χ0v) is 10.4. The molecule has 0 aliphatic heterocycles. The van der Waals surface area contributed by atoms with Crippen LogP contribution in [0.1, 0.15) is 13.3 Å². The van der Waals surface area contributed by atoms with Gasteiger partial charge >= 0.3 is 5.97 Å². The number of carbonyl (C=O) groups excluding carboxylic acids is 2. The highest BCUT2D eigenvalue weighted by atomic mass is 127. The third-order valence-electron chi connectivity index (χ3n) is 1.68. The van der Waals surface area contributed by atoms with Crippen LogP contribution in [0.25, 0.3) is 0 Å². The lowest BCUT2D eigenvalue weighted by Crippen LogP contribution is -2.47. The first kappa shape index (κ1) is 14.3. The Kier molecular flexibility index (Phi) is 6.41. The molecule has 6 nitrogen and oxygen atoms in total. The monoisotopic (exact) mass is 328 g/mol. The van der Waals surface area contributed by atoms with E-state index < -0.39 is 21.8 Å². The molecule has 0 heterocycles. The lowest BCUT2D eigenvalue weighted by atomic mass is 10.2. The van der Waals surface area contributed by atoms with Gasteiger partial charge in [0.25, 0.3) is 0 Å². The van der Waals surface area contributed by atoms with Crippen LogP contribution in [0.3, 0.4) is 0 Å². The maximum Gasteiger partial charge on any atom is 0.304 e. The van der Waals surface area contributed by atoms with Crippen molar-refractivity contribution >= 4 is 40.3 Å². The highest BCUT2D eigenvalue weighted by Crippen LogP contribution is 2.06. The number of halogens is 1. The number of carboxylic acid groups (broad SMARTS) is 1. The number of carbonyl (C=O) groups is 3. The third-order valence-corrected chi connectivity index (χ3v) is 2.69. The second-order valence-corrected chi connectivity index (χ2v) is 4.48. The fourth-order valence-electron chi connectivity index (χ4n) is 0.835. The van der Waals surface area contributed by atoms with Gasteiger partial charge in [0.15, 0.2) is 5.78 Å². The van der Waals surface area contributed by atoms with E-state index in [4.69, 9.17) is 10.8 Å². The zero-order valence-electron chi connectivity index (χ0n) is 8.20. The summed E-state index contributed by atoms with van der Waals surface area (Å²) >= 11 is 1.71. The van der Waals surface area contributed by atoms with Gasteiger partial charge in [-0.15, -0.1) is 0 Å². The van der Waals surface area contributed by atoms with E-state index in [-0.39, 0.29) is 18.7 Å². The molecule has 86 valence electrons. The summed E-state index contributed by atoms with van der Waals surface area (Å²) in [5, 5.41) is 10.8. The number of hydrogen-bond donors (Lipinski definition) is 3. The molecule has 15 heavy (non-hydrogen) atoms. The molecule has 1 amide bonds. The summed E-state index contributed by atoms with van der Waals surface area (Å²) in [4.78, 5) is 32.6. The molecule has 0 aliphatic rings. The van der Waals surface area contributed by atoms with Crippen molar-refractivity contribution in [1.29, 1.82) is 0 Å². The molecule has 0 aromatic heterocycles. The molecule has 0 rings (SSSR count). The minimum absolute atomic E-state index is 0.0114. The smallest absolute Gasteiger partial charge is 0.304 e. The molecule has 0 saturated carbocycles. The Hall–Kier alpha value is -0.700. The number of Topliss-reactive ketones (excluding diaryl/α,β-unsaturated/α-hetero) is 1. The normalized spacial score (nSPS) is 14.1. The molecular weight excluding hydrogens is 315 g/mol. The van der Waals surface area contributed by atoms with Crippen molar-refractivity contribution in [2.45, 2.75) is 23.3 Å². The van der Waals surface area contributed by atoms with Crippen LogP contribution in [0, 0.1) is 0 Å². The SMILES string of the molecule is CC(=O)[C@@H](CN)NC(=O)C(I)CC(=O)O. The minimum Gasteiger partial charge on any atom is -0.481 e. The van der Waals surface area contributed by atoms with Crippen LogP contribution < -0.4 is 11.1 Å². The van der Waals surface area contributed by atoms with E-state index >= 15 is 0 Å². The number of amides is 1. The molecular formula is C8H13IN2O4. The Labute approximate surface area is 101 Å².